The highest BCUT2D eigenvalue weighted by molar-refractivity contribution is 6.47. The van der Waals surface area contributed by atoms with Crippen LogP contribution in [0.15, 0.2) is 18.2 Å². The molecule has 0 aliphatic rings. The number of benzene rings is 1. The first-order valence-corrected chi connectivity index (χ1v) is 10.2. The van der Waals surface area contributed by atoms with Crippen LogP contribution in [0.3, 0.4) is 0 Å². The second-order valence-corrected chi connectivity index (χ2v) is 8.15. The van der Waals surface area contributed by atoms with Gasteiger partial charge in [-0.2, -0.15) is 8.78 Å². The summed E-state index contributed by atoms with van der Waals surface area (Å²) in [7, 11) is 1.70. The molecule has 27 heavy (non-hydrogen) atoms. The molecular formula is C22H33BF2NO. The molecule has 2 rings (SSSR count). The van der Waals surface area contributed by atoms with Gasteiger partial charge in [0.1, 0.15) is 0 Å². The van der Waals surface area contributed by atoms with Crippen LogP contribution >= 0.6 is 0 Å². The number of hydrogen-bond donors (Lipinski definition) is 0. The van der Waals surface area contributed by atoms with Crippen molar-refractivity contribution in [1.82, 2.24) is 4.57 Å². The molecule has 0 bridgehead atoms. The van der Waals surface area contributed by atoms with Crippen LogP contribution < -0.4 is 5.46 Å². The fourth-order valence-electron chi connectivity index (χ4n) is 3.32. The van der Waals surface area contributed by atoms with E-state index in [4.69, 9.17) is 4.65 Å². The van der Waals surface area contributed by atoms with Gasteiger partial charge in [0, 0.05) is 16.7 Å². The standard InChI is InChI=1S/C22H33BF2NO/c1-7-9-10-11-17-18-13-12-16(23-27-22(5,6)15(3)4)14-20(18)26(21(24)25)19(17)8-2/h12-15,21H,7-11H2,1-6H3. The Bertz CT molecular complexity index is 752. The Morgan fingerprint density at radius 2 is 1.85 bits per heavy atom. The summed E-state index contributed by atoms with van der Waals surface area (Å²) in [6, 6.07) is 5.78. The van der Waals surface area contributed by atoms with Gasteiger partial charge in [-0.15, -0.1) is 0 Å². The number of aryl methyl sites for hydroxylation is 1. The number of nitrogens with zero attached hydrogens (tertiary/aromatic N) is 1. The van der Waals surface area contributed by atoms with E-state index in [0.717, 1.165) is 47.8 Å². The van der Waals surface area contributed by atoms with E-state index in [2.05, 4.69) is 20.8 Å². The van der Waals surface area contributed by atoms with Gasteiger partial charge in [-0.25, -0.2) is 0 Å². The SMILES string of the molecule is CCCCCc1c(CC)n(C(F)F)c2cc([B]OC(C)(C)C(C)C)ccc12. The van der Waals surface area contributed by atoms with Crippen LogP contribution in [0.25, 0.3) is 10.9 Å². The lowest BCUT2D eigenvalue weighted by atomic mass is 9.84. The van der Waals surface area contributed by atoms with Crippen molar-refractivity contribution in [2.24, 2.45) is 5.92 Å². The molecule has 0 spiro atoms. The van der Waals surface area contributed by atoms with Gasteiger partial charge in [-0.05, 0) is 50.7 Å². The van der Waals surface area contributed by atoms with Crippen LogP contribution in [-0.2, 0) is 17.5 Å². The van der Waals surface area contributed by atoms with E-state index in [0.29, 0.717) is 17.9 Å². The molecule has 1 heterocycles. The highest BCUT2D eigenvalue weighted by Gasteiger charge is 2.24. The van der Waals surface area contributed by atoms with E-state index in [1.165, 1.54) is 4.57 Å². The van der Waals surface area contributed by atoms with Crippen LogP contribution in [0.1, 0.15) is 78.6 Å². The molecule has 2 aromatic rings. The first-order chi connectivity index (χ1) is 12.7. The Hall–Kier alpha value is -1.36. The molecule has 0 aliphatic carbocycles. The molecule has 0 saturated heterocycles. The van der Waals surface area contributed by atoms with Gasteiger partial charge >= 0.3 is 14.0 Å². The van der Waals surface area contributed by atoms with Crippen LogP contribution in [0.5, 0.6) is 0 Å². The number of halogens is 2. The third-order valence-corrected chi connectivity index (χ3v) is 5.70. The van der Waals surface area contributed by atoms with Gasteiger partial charge in [0.05, 0.1) is 5.52 Å². The minimum Gasteiger partial charge on any atom is -0.429 e. The van der Waals surface area contributed by atoms with E-state index >= 15 is 0 Å². The van der Waals surface area contributed by atoms with E-state index < -0.39 is 6.55 Å². The molecule has 149 valence electrons. The maximum atomic E-state index is 13.9. The minimum atomic E-state index is -2.54. The molecule has 1 aromatic carbocycles. The van der Waals surface area contributed by atoms with Crippen molar-refractivity contribution in [2.45, 2.75) is 85.8 Å². The molecule has 0 N–H and O–H groups in total. The van der Waals surface area contributed by atoms with Gasteiger partial charge in [-0.3, -0.25) is 4.57 Å². The Balaban J connectivity index is 2.42. The number of hydrogen-bond acceptors (Lipinski definition) is 1. The van der Waals surface area contributed by atoms with Crippen LogP contribution in [0.2, 0.25) is 0 Å². The molecule has 0 aliphatic heterocycles. The minimum absolute atomic E-state index is 0.306. The lowest BCUT2D eigenvalue weighted by Gasteiger charge is -2.30. The zero-order valence-corrected chi connectivity index (χ0v) is 17.6. The second kappa shape index (κ2) is 9.23. The maximum absolute atomic E-state index is 13.9. The average molecular weight is 376 g/mol. The summed E-state index contributed by atoms with van der Waals surface area (Å²) >= 11 is 0. The van der Waals surface area contributed by atoms with Crippen molar-refractivity contribution < 1.29 is 13.4 Å². The number of aromatic nitrogens is 1. The second-order valence-electron chi connectivity index (χ2n) is 8.15. The lowest BCUT2D eigenvalue weighted by molar-refractivity contribution is 0.0667. The fraction of sp³-hybridized carbons (Fsp3) is 0.636. The molecule has 0 fully saturated rings. The zero-order valence-electron chi connectivity index (χ0n) is 17.6. The van der Waals surface area contributed by atoms with Gasteiger partial charge in [0.2, 0.25) is 0 Å². The average Bonchev–Trinajstić information content (AvgIpc) is 2.93. The molecule has 2 nitrogen and oxygen atoms in total. The Morgan fingerprint density at radius 3 is 2.41 bits per heavy atom. The smallest absolute Gasteiger partial charge is 0.330 e. The molecule has 0 saturated carbocycles. The van der Waals surface area contributed by atoms with E-state index in [1.54, 1.807) is 7.48 Å². The van der Waals surface area contributed by atoms with Crippen molar-refractivity contribution in [3.05, 3.63) is 29.5 Å². The monoisotopic (exact) mass is 376 g/mol. The normalized spacial score (nSPS) is 12.5. The van der Waals surface area contributed by atoms with Crippen molar-refractivity contribution >= 4 is 23.8 Å². The molecule has 0 amide bonds. The Kier molecular flexibility index (Phi) is 7.50. The summed E-state index contributed by atoms with van der Waals surface area (Å²) in [5.74, 6) is 0.347. The van der Waals surface area contributed by atoms with E-state index in [9.17, 15) is 8.78 Å². The van der Waals surface area contributed by atoms with Gasteiger partial charge < -0.3 is 4.65 Å². The van der Waals surface area contributed by atoms with E-state index in [1.807, 2.05) is 39.0 Å². The lowest BCUT2D eigenvalue weighted by Crippen LogP contribution is -2.36. The van der Waals surface area contributed by atoms with Gasteiger partial charge in [-0.1, -0.05) is 58.1 Å². The first-order valence-electron chi connectivity index (χ1n) is 10.2. The number of unbranched alkanes of at least 4 members (excludes halogenated alkanes) is 2. The van der Waals surface area contributed by atoms with E-state index in [-0.39, 0.29) is 5.60 Å². The maximum Gasteiger partial charge on any atom is 0.330 e. The fourth-order valence-corrected chi connectivity index (χ4v) is 3.32. The van der Waals surface area contributed by atoms with Gasteiger partial charge in [0.15, 0.2) is 0 Å². The Morgan fingerprint density at radius 1 is 1.15 bits per heavy atom. The quantitative estimate of drug-likeness (QED) is 0.365. The third kappa shape index (κ3) is 4.93. The van der Waals surface area contributed by atoms with Crippen LogP contribution in [0.4, 0.5) is 8.78 Å². The van der Waals surface area contributed by atoms with Crippen molar-refractivity contribution in [2.75, 3.05) is 0 Å². The van der Waals surface area contributed by atoms with Crippen molar-refractivity contribution in [1.29, 1.82) is 0 Å². The predicted octanol–water partition coefficient (Wildman–Crippen LogP) is 6.03. The Labute approximate surface area is 163 Å². The third-order valence-electron chi connectivity index (χ3n) is 5.70. The number of rotatable bonds is 10. The number of alkyl halides is 2. The molecule has 0 unspecified atom stereocenters. The van der Waals surface area contributed by atoms with Crippen LogP contribution in [-0.4, -0.2) is 17.7 Å². The van der Waals surface area contributed by atoms with Crippen molar-refractivity contribution in [3.8, 4) is 0 Å². The highest BCUT2D eigenvalue weighted by Crippen LogP contribution is 2.32. The number of fused-ring (bicyclic) bond motifs is 1. The molecule has 1 aromatic heterocycles. The summed E-state index contributed by atoms with van der Waals surface area (Å²) in [5.41, 5.74) is 2.96. The summed E-state index contributed by atoms with van der Waals surface area (Å²) in [4.78, 5) is 0. The molecular weight excluding hydrogens is 343 g/mol. The molecule has 1 radical (unpaired) electrons. The largest absolute Gasteiger partial charge is 0.429 e. The highest BCUT2D eigenvalue weighted by atomic mass is 19.3. The molecule has 0 atom stereocenters. The summed E-state index contributed by atoms with van der Waals surface area (Å²) < 4.78 is 34.9. The molecule has 5 heteroatoms. The summed E-state index contributed by atoms with van der Waals surface area (Å²) in [6.45, 7) is 9.86. The predicted molar refractivity (Wildman–Crippen MR) is 111 cm³/mol. The first kappa shape index (κ1) is 21.9. The summed E-state index contributed by atoms with van der Waals surface area (Å²) in [5, 5.41) is 0.948. The van der Waals surface area contributed by atoms with Crippen molar-refractivity contribution in [3.63, 3.8) is 0 Å². The summed E-state index contributed by atoms with van der Waals surface area (Å²) in [6.07, 6.45) is 4.74. The van der Waals surface area contributed by atoms with Gasteiger partial charge in [0.25, 0.3) is 0 Å². The van der Waals surface area contributed by atoms with Crippen LogP contribution in [0, 0.1) is 5.92 Å². The zero-order chi connectivity index (χ0) is 20.2. The topological polar surface area (TPSA) is 14.2 Å².